The fourth-order valence-corrected chi connectivity index (χ4v) is 5.47. The number of amides is 1. The quantitative estimate of drug-likeness (QED) is 0.878. The van der Waals surface area contributed by atoms with Crippen LogP contribution in [0.5, 0.6) is 0 Å². The fraction of sp³-hybridized carbons (Fsp3) is 0.722. The normalized spacial score (nSPS) is 33.5. The Bertz CT molecular complexity index is 544. The standard InChI is InChI=1S/C18H27N3O2S/c22-18(17-2-1-7-23-17)19-11-16-10-14-3-4-21(16)13-15(14)12-20-5-8-24-9-6-20/h1-2,7,14-16H,3-6,8-13H2,(H,19,22). The third kappa shape index (κ3) is 3.65. The van der Waals surface area contributed by atoms with Gasteiger partial charge >= 0.3 is 0 Å². The van der Waals surface area contributed by atoms with Gasteiger partial charge in [0.25, 0.3) is 5.91 Å². The highest BCUT2D eigenvalue weighted by atomic mass is 32.2. The number of piperidine rings is 3. The highest BCUT2D eigenvalue weighted by molar-refractivity contribution is 7.99. The van der Waals surface area contributed by atoms with Crippen LogP contribution in [0, 0.1) is 11.8 Å². The van der Waals surface area contributed by atoms with Crippen LogP contribution in [0.15, 0.2) is 22.8 Å². The van der Waals surface area contributed by atoms with Crippen molar-refractivity contribution in [2.24, 2.45) is 11.8 Å². The summed E-state index contributed by atoms with van der Waals surface area (Å²) in [6, 6.07) is 3.97. The molecule has 1 aromatic heterocycles. The molecule has 0 spiro atoms. The molecule has 0 saturated carbocycles. The summed E-state index contributed by atoms with van der Waals surface area (Å²) in [5, 5.41) is 3.05. The van der Waals surface area contributed by atoms with Gasteiger partial charge in [0.2, 0.25) is 0 Å². The molecule has 132 valence electrons. The van der Waals surface area contributed by atoms with E-state index in [4.69, 9.17) is 4.42 Å². The molecule has 1 N–H and O–H groups in total. The van der Waals surface area contributed by atoms with Crippen molar-refractivity contribution in [3.8, 4) is 0 Å². The number of nitrogens with zero attached hydrogens (tertiary/aromatic N) is 2. The first-order valence-corrected chi connectivity index (χ1v) is 10.3. The average molecular weight is 350 g/mol. The molecule has 1 aromatic rings. The molecule has 4 unspecified atom stereocenters. The number of rotatable bonds is 5. The highest BCUT2D eigenvalue weighted by Crippen LogP contribution is 2.36. The van der Waals surface area contributed by atoms with E-state index in [0.29, 0.717) is 11.8 Å². The van der Waals surface area contributed by atoms with Crippen LogP contribution in [0.4, 0.5) is 0 Å². The number of carbonyl (C=O) groups excluding carboxylic acids is 1. The summed E-state index contributed by atoms with van der Waals surface area (Å²) in [6.07, 6.45) is 4.10. The Hall–Kier alpha value is -0.980. The van der Waals surface area contributed by atoms with E-state index in [-0.39, 0.29) is 5.91 Å². The van der Waals surface area contributed by atoms with Crippen LogP contribution in [0.3, 0.4) is 0 Å². The van der Waals surface area contributed by atoms with Crippen molar-refractivity contribution in [1.82, 2.24) is 15.1 Å². The second-order valence-electron chi connectivity index (χ2n) is 7.29. The van der Waals surface area contributed by atoms with Gasteiger partial charge in [0, 0.05) is 50.3 Å². The van der Waals surface area contributed by atoms with E-state index in [0.717, 1.165) is 18.4 Å². The first-order chi connectivity index (χ1) is 11.8. The lowest BCUT2D eigenvalue weighted by Gasteiger charge is -2.51. The fourth-order valence-electron chi connectivity index (χ4n) is 4.49. The lowest BCUT2D eigenvalue weighted by molar-refractivity contribution is -0.0105. The molecule has 24 heavy (non-hydrogen) atoms. The minimum atomic E-state index is -0.0926. The van der Waals surface area contributed by atoms with Gasteiger partial charge in [-0.2, -0.15) is 11.8 Å². The van der Waals surface area contributed by atoms with Crippen LogP contribution in [0.25, 0.3) is 0 Å². The van der Waals surface area contributed by atoms with Gasteiger partial charge in [-0.1, -0.05) is 0 Å². The predicted octanol–water partition coefficient (Wildman–Crippen LogP) is 1.77. The number of furan rings is 1. The smallest absolute Gasteiger partial charge is 0.287 e. The lowest BCUT2D eigenvalue weighted by Crippen LogP contribution is -2.58. The maximum absolute atomic E-state index is 12.0. The molecule has 4 aliphatic heterocycles. The molecular formula is C18H27N3O2S. The molecule has 4 atom stereocenters. The van der Waals surface area contributed by atoms with Crippen LogP contribution in [-0.4, -0.2) is 72.5 Å². The number of carbonyl (C=O) groups is 1. The van der Waals surface area contributed by atoms with E-state index in [9.17, 15) is 4.79 Å². The first kappa shape index (κ1) is 16.5. The van der Waals surface area contributed by atoms with Crippen molar-refractivity contribution < 1.29 is 9.21 Å². The van der Waals surface area contributed by atoms with Gasteiger partial charge in [0.05, 0.1) is 6.26 Å². The molecule has 6 heteroatoms. The van der Waals surface area contributed by atoms with Gasteiger partial charge in [-0.3, -0.25) is 9.69 Å². The van der Waals surface area contributed by atoms with Gasteiger partial charge in [0.15, 0.2) is 5.76 Å². The molecule has 4 aliphatic rings. The minimum Gasteiger partial charge on any atom is -0.459 e. The molecule has 4 saturated heterocycles. The summed E-state index contributed by atoms with van der Waals surface area (Å²) >= 11 is 2.08. The van der Waals surface area contributed by atoms with Crippen LogP contribution in [0.1, 0.15) is 23.4 Å². The van der Waals surface area contributed by atoms with Crippen molar-refractivity contribution in [3.05, 3.63) is 24.2 Å². The first-order valence-electron chi connectivity index (χ1n) is 9.15. The van der Waals surface area contributed by atoms with Crippen LogP contribution in [-0.2, 0) is 0 Å². The summed E-state index contributed by atoms with van der Waals surface area (Å²) in [6.45, 7) is 6.93. The number of hydrogen-bond donors (Lipinski definition) is 1. The van der Waals surface area contributed by atoms with Crippen molar-refractivity contribution in [3.63, 3.8) is 0 Å². The van der Waals surface area contributed by atoms with Crippen molar-refractivity contribution in [1.29, 1.82) is 0 Å². The Morgan fingerprint density at radius 1 is 1.33 bits per heavy atom. The molecule has 0 radical (unpaired) electrons. The maximum Gasteiger partial charge on any atom is 0.287 e. The third-order valence-electron chi connectivity index (χ3n) is 5.85. The summed E-state index contributed by atoms with van der Waals surface area (Å²) in [4.78, 5) is 17.3. The topological polar surface area (TPSA) is 48.7 Å². The lowest BCUT2D eigenvalue weighted by atomic mass is 9.75. The number of thioether (sulfide) groups is 1. The Balaban J connectivity index is 1.27. The Kier molecular flexibility index (Phi) is 5.15. The molecular weight excluding hydrogens is 322 g/mol. The second kappa shape index (κ2) is 7.50. The van der Waals surface area contributed by atoms with Gasteiger partial charge in [-0.15, -0.1) is 0 Å². The maximum atomic E-state index is 12.0. The second-order valence-corrected chi connectivity index (χ2v) is 8.52. The van der Waals surface area contributed by atoms with Crippen molar-refractivity contribution in [2.75, 3.05) is 50.8 Å². The van der Waals surface area contributed by atoms with E-state index < -0.39 is 0 Å². The van der Waals surface area contributed by atoms with E-state index in [1.807, 2.05) is 0 Å². The monoisotopic (exact) mass is 349 g/mol. The summed E-state index contributed by atoms with van der Waals surface area (Å²) in [5.74, 6) is 4.55. The Labute approximate surface area is 148 Å². The number of nitrogens with one attached hydrogen (secondary N) is 1. The Morgan fingerprint density at radius 2 is 2.21 bits per heavy atom. The molecule has 5 heterocycles. The average Bonchev–Trinajstić information content (AvgIpc) is 3.16. The van der Waals surface area contributed by atoms with Gasteiger partial charge < -0.3 is 14.6 Å². The van der Waals surface area contributed by atoms with E-state index in [1.54, 1.807) is 18.4 Å². The van der Waals surface area contributed by atoms with Crippen LogP contribution >= 0.6 is 11.8 Å². The van der Waals surface area contributed by atoms with Gasteiger partial charge in [-0.05, 0) is 43.4 Å². The zero-order chi connectivity index (χ0) is 16.4. The molecule has 1 amide bonds. The van der Waals surface area contributed by atoms with Crippen LogP contribution in [0.2, 0.25) is 0 Å². The molecule has 4 fully saturated rings. The van der Waals surface area contributed by atoms with Crippen molar-refractivity contribution in [2.45, 2.75) is 18.9 Å². The molecule has 0 aliphatic carbocycles. The zero-order valence-electron chi connectivity index (χ0n) is 14.2. The van der Waals surface area contributed by atoms with Crippen LogP contribution < -0.4 is 5.32 Å². The minimum absolute atomic E-state index is 0.0926. The number of fused-ring (bicyclic) bond motifs is 3. The zero-order valence-corrected chi connectivity index (χ0v) is 15.0. The number of hydrogen-bond acceptors (Lipinski definition) is 5. The third-order valence-corrected chi connectivity index (χ3v) is 6.80. The highest BCUT2D eigenvalue weighted by Gasteiger charge is 2.40. The van der Waals surface area contributed by atoms with Crippen molar-refractivity contribution >= 4 is 17.7 Å². The molecule has 0 aromatic carbocycles. The SMILES string of the molecule is O=C(NCC1CC2CCN1CC2CN1CCSCC1)c1ccco1. The van der Waals surface area contributed by atoms with Gasteiger partial charge in [0.1, 0.15) is 0 Å². The summed E-state index contributed by atoms with van der Waals surface area (Å²) in [7, 11) is 0. The predicted molar refractivity (Wildman–Crippen MR) is 96.4 cm³/mol. The van der Waals surface area contributed by atoms with E-state index in [1.165, 1.54) is 57.1 Å². The van der Waals surface area contributed by atoms with E-state index >= 15 is 0 Å². The van der Waals surface area contributed by atoms with E-state index in [2.05, 4.69) is 26.9 Å². The largest absolute Gasteiger partial charge is 0.459 e. The van der Waals surface area contributed by atoms with Gasteiger partial charge in [-0.25, -0.2) is 0 Å². The Morgan fingerprint density at radius 3 is 2.92 bits per heavy atom. The summed E-state index contributed by atoms with van der Waals surface area (Å²) < 4.78 is 5.17. The molecule has 5 nitrogen and oxygen atoms in total. The molecule has 2 bridgehead atoms. The molecule has 5 rings (SSSR count). The summed E-state index contributed by atoms with van der Waals surface area (Å²) in [5.41, 5.74) is 0.